The molecule has 0 saturated heterocycles. The van der Waals surface area contributed by atoms with Crippen LogP contribution < -0.4 is 5.56 Å². The smallest absolute Gasteiger partial charge is 0.252 e. The lowest BCUT2D eigenvalue weighted by Crippen LogP contribution is -2.33. The molecule has 1 N–H and O–H groups in total. The average molecular weight is 499 g/mol. The topological polar surface area (TPSA) is 79.7 Å². The maximum Gasteiger partial charge on any atom is 0.252 e. The fourth-order valence-electron chi connectivity index (χ4n) is 5.74. The van der Waals surface area contributed by atoms with E-state index in [0.717, 1.165) is 53.5 Å². The van der Waals surface area contributed by atoms with E-state index in [4.69, 9.17) is 0 Å². The number of aromatic nitrogens is 5. The highest BCUT2D eigenvalue weighted by Crippen LogP contribution is 2.34. The van der Waals surface area contributed by atoms with Crippen molar-refractivity contribution in [2.75, 3.05) is 0 Å². The Labute approximate surface area is 218 Å². The van der Waals surface area contributed by atoms with Crippen LogP contribution >= 0.6 is 0 Å². The van der Waals surface area contributed by atoms with Gasteiger partial charge in [0.15, 0.2) is 5.82 Å². The van der Waals surface area contributed by atoms with Gasteiger partial charge in [-0.05, 0) is 73.2 Å². The number of H-pyrrole nitrogens is 1. The van der Waals surface area contributed by atoms with Gasteiger partial charge in [0.2, 0.25) is 0 Å². The SMILES string of the molecule is CCCC(c1nnnn1C1CCCC1)N(Cc1ccc(C)cc1)Cc1cc2c(C)ccc(C)c2[nH]c1=O. The third-order valence-corrected chi connectivity index (χ3v) is 7.89. The summed E-state index contributed by atoms with van der Waals surface area (Å²) >= 11 is 0. The molecule has 0 amide bonds. The van der Waals surface area contributed by atoms with Crippen molar-refractivity contribution < 1.29 is 0 Å². The van der Waals surface area contributed by atoms with Gasteiger partial charge in [0.25, 0.3) is 5.56 Å². The second-order valence-corrected chi connectivity index (χ2v) is 10.7. The molecule has 1 aliphatic rings. The molecule has 0 spiro atoms. The molecule has 7 heteroatoms. The van der Waals surface area contributed by atoms with Crippen molar-refractivity contribution in [2.24, 2.45) is 0 Å². The molecule has 37 heavy (non-hydrogen) atoms. The van der Waals surface area contributed by atoms with Crippen LogP contribution in [0, 0.1) is 20.8 Å². The number of nitrogens with zero attached hydrogens (tertiary/aromatic N) is 5. The van der Waals surface area contributed by atoms with Gasteiger partial charge in [0, 0.05) is 24.0 Å². The Kier molecular flexibility index (Phi) is 7.51. The summed E-state index contributed by atoms with van der Waals surface area (Å²) in [6.07, 6.45) is 6.61. The summed E-state index contributed by atoms with van der Waals surface area (Å²) in [6.45, 7) is 9.69. The number of rotatable bonds is 9. The van der Waals surface area contributed by atoms with Gasteiger partial charge in [0.05, 0.1) is 17.6 Å². The number of hydrogen-bond donors (Lipinski definition) is 1. The number of nitrogens with one attached hydrogen (secondary N) is 1. The molecular weight excluding hydrogens is 460 g/mol. The Balaban J connectivity index is 1.57. The Morgan fingerprint density at radius 1 is 1.03 bits per heavy atom. The normalized spacial score (nSPS) is 15.2. The number of benzene rings is 2. The second-order valence-electron chi connectivity index (χ2n) is 10.7. The van der Waals surface area contributed by atoms with Gasteiger partial charge in [-0.15, -0.1) is 5.10 Å². The van der Waals surface area contributed by atoms with E-state index in [1.54, 1.807) is 0 Å². The number of tetrazole rings is 1. The van der Waals surface area contributed by atoms with Crippen molar-refractivity contribution in [1.29, 1.82) is 0 Å². The van der Waals surface area contributed by atoms with Crippen LogP contribution in [-0.4, -0.2) is 30.1 Å². The van der Waals surface area contributed by atoms with Crippen molar-refractivity contribution in [3.05, 3.63) is 86.5 Å². The minimum atomic E-state index is -0.0271. The highest BCUT2D eigenvalue weighted by molar-refractivity contribution is 5.85. The maximum absolute atomic E-state index is 13.3. The molecule has 0 bridgehead atoms. The first-order chi connectivity index (χ1) is 17.9. The first kappa shape index (κ1) is 25.3. The van der Waals surface area contributed by atoms with Crippen LogP contribution in [0.1, 0.15) is 91.2 Å². The Morgan fingerprint density at radius 2 is 1.76 bits per heavy atom. The zero-order chi connectivity index (χ0) is 25.9. The van der Waals surface area contributed by atoms with Crippen LogP contribution in [0.15, 0.2) is 47.3 Å². The van der Waals surface area contributed by atoms with Gasteiger partial charge >= 0.3 is 0 Å². The highest BCUT2D eigenvalue weighted by Gasteiger charge is 2.30. The largest absolute Gasteiger partial charge is 0.321 e. The molecule has 4 aromatic rings. The van der Waals surface area contributed by atoms with Crippen molar-refractivity contribution in [1.82, 2.24) is 30.1 Å². The molecule has 1 atom stereocenters. The highest BCUT2D eigenvalue weighted by atomic mass is 16.1. The first-order valence-electron chi connectivity index (χ1n) is 13.6. The Hall–Kier alpha value is -3.32. The van der Waals surface area contributed by atoms with Crippen LogP contribution in [0.4, 0.5) is 0 Å². The number of hydrogen-bond acceptors (Lipinski definition) is 5. The van der Waals surface area contributed by atoms with Gasteiger partial charge < -0.3 is 4.98 Å². The van der Waals surface area contributed by atoms with E-state index in [1.165, 1.54) is 29.5 Å². The van der Waals surface area contributed by atoms with Crippen molar-refractivity contribution in [2.45, 2.75) is 91.4 Å². The van der Waals surface area contributed by atoms with Crippen LogP contribution in [0.2, 0.25) is 0 Å². The van der Waals surface area contributed by atoms with Crippen LogP contribution in [0.3, 0.4) is 0 Å². The molecule has 1 aliphatic carbocycles. The average Bonchev–Trinajstić information content (AvgIpc) is 3.59. The van der Waals surface area contributed by atoms with Gasteiger partial charge in [0.1, 0.15) is 0 Å². The van der Waals surface area contributed by atoms with Gasteiger partial charge in [-0.2, -0.15) is 0 Å². The Bertz CT molecular complexity index is 1410. The summed E-state index contributed by atoms with van der Waals surface area (Å²) in [5.74, 6) is 0.921. The minimum Gasteiger partial charge on any atom is -0.321 e. The van der Waals surface area contributed by atoms with E-state index < -0.39 is 0 Å². The van der Waals surface area contributed by atoms with E-state index in [9.17, 15) is 4.79 Å². The van der Waals surface area contributed by atoms with Gasteiger partial charge in [-0.25, -0.2) is 4.68 Å². The summed E-state index contributed by atoms with van der Waals surface area (Å²) < 4.78 is 2.08. The number of pyridine rings is 1. The molecule has 0 aliphatic heterocycles. The zero-order valence-corrected chi connectivity index (χ0v) is 22.5. The van der Waals surface area contributed by atoms with Crippen LogP contribution in [0.25, 0.3) is 10.9 Å². The minimum absolute atomic E-state index is 0.00982. The van der Waals surface area contributed by atoms with Gasteiger partial charge in [-0.3, -0.25) is 9.69 Å². The molecule has 1 unspecified atom stereocenters. The van der Waals surface area contributed by atoms with Gasteiger partial charge in [-0.1, -0.05) is 68.1 Å². The lowest BCUT2D eigenvalue weighted by molar-refractivity contribution is 0.153. The lowest BCUT2D eigenvalue weighted by atomic mass is 10.0. The van der Waals surface area contributed by atoms with E-state index in [0.29, 0.717) is 19.1 Å². The summed E-state index contributed by atoms with van der Waals surface area (Å²) in [7, 11) is 0. The molecule has 5 rings (SSSR count). The number of fused-ring (bicyclic) bond motifs is 1. The second kappa shape index (κ2) is 11.0. The summed E-state index contributed by atoms with van der Waals surface area (Å²) in [6, 6.07) is 15.3. The summed E-state index contributed by atoms with van der Waals surface area (Å²) in [4.78, 5) is 18.9. The molecule has 1 saturated carbocycles. The van der Waals surface area contributed by atoms with Crippen LogP contribution in [0.5, 0.6) is 0 Å². The molecule has 2 heterocycles. The van der Waals surface area contributed by atoms with Crippen molar-refractivity contribution >= 4 is 10.9 Å². The zero-order valence-electron chi connectivity index (χ0n) is 22.5. The number of aromatic amines is 1. The van der Waals surface area contributed by atoms with E-state index in [-0.39, 0.29) is 11.6 Å². The molecule has 194 valence electrons. The molecule has 2 aromatic heterocycles. The molecule has 1 fully saturated rings. The predicted octanol–water partition coefficient (Wildman–Crippen LogP) is 6.10. The molecule has 0 radical (unpaired) electrons. The molecule has 7 nitrogen and oxygen atoms in total. The molecule has 2 aromatic carbocycles. The molecular formula is C30H38N6O. The third-order valence-electron chi connectivity index (χ3n) is 7.89. The van der Waals surface area contributed by atoms with E-state index >= 15 is 0 Å². The van der Waals surface area contributed by atoms with E-state index in [1.807, 2.05) is 6.92 Å². The van der Waals surface area contributed by atoms with Crippen molar-refractivity contribution in [3.63, 3.8) is 0 Å². The quantitative estimate of drug-likeness (QED) is 0.302. The third kappa shape index (κ3) is 5.37. The lowest BCUT2D eigenvalue weighted by Gasteiger charge is -2.31. The fourth-order valence-corrected chi connectivity index (χ4v) is 5.74. The van der Waals surface area contributed by atoms with Crippen molar-refractivity contribution in [3.8, 4) is 0 Å². The standard InChI is InChI=1S/C30H38N6O/c1-5-8-27(29-32-33-34-36(29)25-9-6-7-10-25)35(18-23-15-11-20(2)12-16-23)19-24-17-26-21(3)13-14-22(4)28(26)31-30(24)37/h11-17,25,27H,5-10,18-19H2,1-4H3,(H,31,37). The van der Waals surface area contributed by atoms with Crippen LogP contribution in [-0.2, 0) is 13.1 Å². The summed E-state index contributed by atoms with van der Waals surface area (Å²) in [5.41, 5.74) is 6.38. The van der Waals surface area contributed by atoms with E-state index in [2.05, 4.69) is 93.3 Å². The predicted molar refractivity (Wildman–Crippen MR) is 147 cm³/mol. The fraction of sp³-hybridized carbons (Fsp3) is 0.467. The number of aryl methyl sites for hydroxylation is 3. The first-order valence-corrected chi connectivity index (χ1v) is 13.6. The summed E-state index contributed by atoms with van der Waals surface area (Å²) in [5, 5.41) is 14.3. The maximum atomic E-state index is 13.3. The Morgan fingerprint density at radius 3 is 2.49 bits per heavy atom. The monoisotopic (exact) mass is 498 g/mol.